The van der Waals surface area contributed by atoms with Crippen LogP contribution in [-0.2, 0) is 0 Å². The SMILES string of the molecule is NNC(=O)c1ccnn1-c1ccccc1Cl. The normalized spacial score (nSPS) is 10.1. The molecule has 16 heavy (non-hydrogen) atoms. The third kappa shape index (κ3) is 1.78. The van der Waals surface area contributed by atoms with Gasteiger partial charge in [-0.3, -0.25) is 10.2 Å². The van der Waals surface area contributed by atoms with Crippen LogP contribution in [0.3, 0.4) is 0 Å². The number of benzene rings is 1. The summed E-state index contributed by atoms with van der Waals surface area (Å²) in [5.41, 5.74) is 3.02. The summed E-state index contributed by atoms with van der Waals surface area (Å²) in [5.74, 6) is 4.66. The molecular weight excluding hydrogens is 228 g/mol. The van der Waals surface area contributed by atoms with Crippen LogP contribution >= 0.6 is 11.6 Å². The van der Waals surface area contributed by atoms with Crippen molar-refractivity contribution in [3.8, 4) is 5.69 Å². The summed E-state index contributed by atoms with van der Waals surface area (Å²) in [6.45, 7) is 0. The summed E-state index contributed by atoms with van der Waals surface area (Å²) < 4.78 is 1.44. The van der Waals surface area contributed by atoms with Crippen molar-refractivity contribution in [1.82, 2.24) is 15.2 Å². The molecule has 0 spiro atoms. The average Bonchev–Trinajstić information content (AvgIpc) is 2.77. The number of nitrogens with two attached hydrogens (primary N) is 1. The van der Waals surface area contributed by atoms with E-state index in [0.29, 0.717) is 16.4 Å². The van der Waals surface area contributed by atoms with Gasteiger partial charge in [-0.15, -0.1) is 0 Å². The lowest BCUT2D eigenvalue weighted by atomic mass is 10.3. The van der Waals surface area contributed by atoms with Crippen molar-refractivity contribution in [2.75, 3.05) is 0 Å². The van der Waals surface area contributed by atoms with E-state index in [1.165, 1.54) is 10.9 Å². The fourth-order valence-electron chi connectivity index (χ4n) is 1.36. The molecule has 3 N–H and O–H groups in total. The summed E-state index contributed by atoms with van der Waals surface area (Å²) >= 11 is 6.01. The number of hydrazine groups is 1. The summed E-state index contributed by atoms with van der Waals surface area (Å²) in [4.78, 5) is 11.4. The van der Waals surface area contributed by atoms with Crippen LogP contribution in [0.2, 0.25) is 5.02 Å². The molecule has 0 fully saturated rings. The maximum absolute atomic E-state index is 11.4. The predicted molar refractivity (Wildman–Crippen MR) is 60.2 cm³/mol. The second-order valence-corrected chi connectivity index (χ2v) is 3.46. The van der Waals surface area contributed by atoms with Crippen molar-refractivity contribution < 1.29 is 4.79 Å². The van der Waals surface area contributed by atoms with Crippen molar-refractivity contribution in [1.29, 1.82) is 0 Å². The van der Waals surface area contributed by atoms with Gasteiger partial charge in [0.15, 0.2) is 0 Å². The fourth-order valence-corrected chi connectivity index (χ4v) is 1.58. The van der Waals surface area contributed by atoms with Crippen LogP contribution < -0.4 is 11.3 Å². The average molecular weight is 237 g/mol. The van der Waals surface area contributed by atoms with Crippen molar-refractivity contribution >= 4 is 17.5 Å². The van der Waals surface area contributed by atoms with E-state index in [9.17, 15) is 4.79 Å². The zero-order chi connectivity index (χ0) is 11.5. The second-order valence-electron chi connectivity index (χ2n) is 3.05. The number of carbonyl (C=O) groups excluding carboxylic acids is 1. The third-order valence-electron chi connectivity index (χ3n) is 2.09. The third-order valence-corrected chi connectivity index (χ3v) is 2.41. The molecule has 0 saturated carbocycles. The van der Waals surface area contributed by atoms with Crippen molar-refractivity contribution in [2.45, 2.75) is 0 Å². The number of hydrogen-bond donors (Lipinski definition) is 2. The van der Waals surface area contributed by atoms with Gasteiger partial charge in [0, 0.05) is 0 Å². The highest BCUT2D eigenvalue weighted by Gasteiger charge is 2.13. The smallest absolute Gasteiger partial charge is 0.283 e. The number of nitrogen functional groups attached to an aromatic ring is 1. The molecule has 5 nitrogen and oxygen atoms in total. The zero-order valence-electron chi connectivity index (χ0n) is 8.22. The molecule has 1 amide bonds. The van der Waals surface area contributed by atoms with Gasteiger partial charge >= 0.3 is 0 Å². The van der Waals surface area contributed by atoms with E-state index < -0.39 is 5.91 Å². The molecule has 0 unspecified atom stereocenters. The van der Waals surface area contributed by atoms with E-state index in [0.717, 1.165) is 0 Å². The lowest BCUT2D eigenvalue weighted by Crippen LogP contribution is -2.31. The molecule has 1 heterocycles. The molecular formula is C10H9ClN4O. The molecule has 82 valence electrons. The highest BCUT2D eigenvalue weighted by molar-refractivity contribution is 6.32. The van der Waals surface area contributed by atoms with E-state index >= 15 is 0 Å². The highest BCUT2D eigenvalue weighted by atomic mass is 35.5. The first-order chi connectivity index (χ1) is 7.74. The Hall–Kier alpha value is -1.85. The Balaban J connectivity index is 2.53. The Morgan fingerprint density at radius 2 is 2.12 bits per heavy atom. The quantitative estimate of drug-likeness (QED) is 0.466. The molecule has 0 radical (unpaired) electrons. The molecule has 1 aromatic heterocycles. The summed E-state index contributed by atoms with van der Waals surface area (Å²) in [6, 6.07) is 8.67. The van der Waals surface area contributed by atoms with Gasteiger partial charge in [0.1, 0.15) is 5.69 Å². The van der Waals surface area contributed by atoms with Crippen LogP contribution in [-0.4, -0.2) is 15.7 Å². The lowest BCUT2D eigenvalue weighted by Gasteiger charge is -2.07. The number of nitrogens with zero attached hydrogens (tertiary/aromatic N) is 2. The largest absolute Gasteiger partial charge is 0.289 e. The molecule has 0 bridgehead atoms. The minimum Gasteiger partial charge on any atom is -0.289 e. The topological polar surface area (TPSA) is 72.9 Å². The Bertz CT molecular complexity index is 523. The van der Waals surface area contributed by atoms with Crippen LogP contribution in [0.25, 0.3) is 5.69 Å². The van der Waals surface area contributed by atoms with Crippen LogP contribution in [0.15, 0.2) is 36.5 Å². The van der Waals surface area contributed by atoms with Crippen LogP contribution in [0.4, 0.5) is 0 Å². The Morgan fingerprint density at radius 1 is 1.38 bits per heavy atom. The molecule has 1 aromatic carbocycles. The first-order valence-corrected chi connectivity index (χ1v) is 4.91. The van der Waals surface area contributed by atoms with E-state index in [1.807, 2.05) is 6.07 Å². The van der Waals surface area contributed by atoms with Gasteiger partial charge in [-0.05, 0) is 18.2 Å². The van der Waals surface area contributed by atoms with Crippen LogP contribution in [0.5, 0.6) is 0 Å². The van der Waals surface area contributed by atoms with E-state index in [4.69, 9.17) is 17.4 Å². The van der Waals surface area contributed by atoms with Crippen molar-refractivity contribution in [3.05, 3.63) is 47.2 Å². The maximum atomic E-state index is 11.4. The van der Waals surface area contributed by atoms with E-state index in [-0.39, 0.29) is 0 Å². The molecule has 0 atom stereocenters. The fraction of sp³-hybridized carbons (Fsp3) is 0. The summed E-state index contributed by atoms with van der Waals surface area (Å²) in [7, 11) is 0. The van der Waals surface area contributed by atoms with Crippen molar-refractivity contribution in [3.63, 3.8) is 0 Å². The highest BCUT2D eigenvalue weighted by Crippen LogP contribution is 2.20. The number of rotatable bonds is 2. The van der Waals surface area contributed by atoms with Crippen LogP contribution in [0, 0.1) is 0 Å². The van der Waals surface area contributed by atoms with Gasteiger partial charge in [0.05, 0.1) is 16.9 Å². The number of amides is 1. The number of carbonyl (C=O) groups is 1. The molecule has 6 heteroatoms. The van der Waals surface area contributed by atoms with Gasteiger partial charge < -0.3 is 0 Å². The molecule has 0 saturated heterocycles. The minimum atomic E-state index is -0.419. The number of halogens is 1. The lowest BCUT2D eigenvalue weighted by molar-refractivity contribution is 0.0946. The summed E-state index contributed by atoms with van der Waals surface area (Å²) in [6.07, 6.45) is 1.51. The molecule has 0 aliphatic rings. The van der Waals surface area contributed by atoms with Gasteiger partial charge in [-0.25, -0.2) is 10.5 Å². The van der Waals surface area contributed by atoms with Crippen molar-refractivity contribution in [2.24, 2.45) is 5.84 Å². The first kappa shape index (κ1) is 10.7. The Kier molecular flexibility index (Phi) is 2.89. The molecule has 2 aromatic rings. The number of para-hydroxylation sites is 1. The first-order valence-electron chi connectivity index (χ1n) is 4.54. The van der Waals surface area contributed by atoms with E-state index in [2.05, 4.69) is 10.5 Å². The number of aromatic nitrogens is 2. The second kappa shape index (κ2) is 4.34. The minimum absolute atomic E-state index is 0.329. The van der Waals surface area contributed by atoms with Crippen LogP contribution in [0.1, 0.15) is 10.5 Å². The predicted octanol–water partition coefficient (Wildman–Crippen LogP) is 1.13. The standard InChI is InChI=1S/C10H9ClN4O/c11-7-3-1-2-4-8(7)15-9(5-6-13-15)10(16)14-12/h1-6H,12H2,(H,14,16). The molecule has 0 aliphatic carbocycles. The van der Waals surface area contributed by atoms with Gasteiger partial charge in [0.25, 0.3) is 5.91 Å². The summed E-state index contributed by atoms with van der Waals surface area (Å²) in [5, 5.41) is 4.54. The number of hydrogen-bond acceptors (Lipinski definition) is 3. The Morgan fingerprint density at radius 3 is 2.81 bits per heavy atom. The maximum Gasteiger partial charge on any atom is 0.283 e. The van der Waals surface area contributed by atoms with E-state index in [1.54, 1.807) is 24.3 Å². The van der Waals surface area contributed by atoms with Gasteiger partial charge in [-0.2, -0.15) is 5.10 Å². The zero-order valence-corrected chi connectivity index (χ0v) is 8.98. The molecule has 0 aliphatic heterocycles. The Labute approximate surface area is 96.8 Å². The molecule has 2 rings (SSSR count). The monoisotopic (exact) mass is 236 g/mol. The number of nitrogens with one attached hydrogen (secondary N) is 1. The van der Waals surface area contributed by atoms with Gasteiger partial charge in [0.2, 0.25) is 0 Å². The van der Waals surface area contributed by atoms with Gasteiger partial charge in [-0.1, -0.05) is 23.7 Å².